The summed E-state index contributed by atoms with van der Waals surface area (Å²) < 4.78 is 6.08. The molecular weight excluding hydrogens is 412 g/mol. The van der Waals surface area contributed by atoms with E-state index in [1.54, 1.807) is 12.4 Å². The Hall–Kier alpha value is -3.21. The number of carbonyl (C=O) groups is 1. The number of carboxylic acids is 1. The molecule has 0 saturated carbocycles. The van der Waals surface area contributed by atoms with Crippen molar-refractivity contribution in [2.24, 2.45) is 0 Å². The van der Waals surface area contributed by atoms with Crippen LogP contribution in [-0.2, 0) is 22.2 Å². The van der Waals surface area contributed by atoms with Gasteiger partial charge in [-0.05, 0) is 63.6 Å². The molecule has 0 amide bonds. The minimum atomic E-state index is -0.859. The molecule has 1 atom stereocenters. The van der Waals surface area contributed by atoms with Crippen molar-refractivity contribution in [2.45, 2.75) is 70.3 Å². The third kappa shape index (κ3) is 5.08. The van der Waals surface area contributed by atoms with Crippen molar-refractivity contribution in [3.8, 4) is 5.75 Å². The number of carboxylic acid groups (broad SMARTS) is 1. The van der Waals surface area contributed by atoms with E-state index in [0.717, 1.165) is 22.4 Å². The molecule has 0 unspecified atom stereocenters. The molecule has 5 nitrogen and oxygen atoms in total. The molecule has 1 aliphatic carbocycles. The predicted molar refractivity (Wildman–Crippen MR) is 129 cm³/mol. The average molecular weight is 445 g/mol. The lowest BCUT2D eigenvalue weighted by Crippen LogP contribution is -2.33. The van der Waals surface area contributed by atoms with Crippen LogP contribution in [0.3, 0.4) is 0 Å². The van der Waals surface area contributed by atoms with Crippen LogP contribution in [0, 0.1) is 0 Å². The number of aromatic nitrogens is 2. The zero-order chi connectivity index (χ0) is 23.6. The first kappa shape index (κ1) is 23.0. The SMILES string of the molecule is CC1(C)CCC(C)(C)c2cc(COc3ccc([C@@H](CC(=O)O)c4cncnc4)cc3)ccc21. The highest BCUT2D eigenvalue weighted by Crippen LogP contribution is 2.46. The van der Waals surface area contributed by atoms with E-state index in [-0.39, 0.29) is 23.2 Å². The Labute approximate surface area is 195 Å². The number of benzene rings is 2. The van der Waals surface area contributed by atoms with Gasteiger partial charge in [0.1, 0.15) is 18.7 Å². The Bertz CT molecular complexity index is 1120. The molecule has 4 rings (SSSR count). The maximum absolute atomic E-state index is 11.4. The van der Waals surface area contributed by atoms with Gasteiger partial charge in [-0.15, -0.1) is 0 Å². The van der Waals surface area contributed by atoms with E-state index in [9.17, 15) is 9.90 Å². The fourth-order valence-electron chi connectivity index (χ4n) is 4.78. The van der Waals surface area contributed by atoms with Crippen molar-refractivity contribution >= 4 is 5.97 Å². The first-order valence-electron chi connectivity index (χ1n) is 11.5. The predicted octanol–water partition coefficient (Wildman–Crippen LogP) is 6.01. The normalized spacial score (nSPS) is 17.1. The highest BCUT2D eigenvalue weighted by atomic mass is 16.5. The molecule has 3 aromatic rings. The minimum Gasteiger partial charge on any atom is -0.489 e. The molecule has 33 heavy (non-hydrogen) atoms. The molecule has 172 valence electrons. The lowest BCUT2D eigenvalue weighted by molar-refractivity contribution is -0.137. The minimum absolute atomic E-state index is 0.0190. The standard InChI is InChI=1S/C28H32N2O3/c1-27(2)11-12-28(3,4)25-13-19(5-10-24(25)27)17-33-22-8-6-20(7-9-22)23(14-26(31)32)21-15-29-18-30-16-21/h5-10,13,15-16,18,23H,11-12,14,17H2,1-4H3,(H,31,32)/t23-/m1/s1. The maximum Gasteiger partial charge on any atom is 0.304 e. The Morgan fingerprint density at radius 2 is 1.58 bits per heavy atom. The van der Waals surface area contributed by atoms with Crippen molar-refractivity contribution in [1.82, 2.24) is 9.97 Å². The van der Waals surface area contributed by atoms with Gasteiger partial charge in [-0.2, -0.15) is 0 Å². The number of nitrogens with zero attached hydrogens (tertiary/aromatic N) is 2. The van der Waals surface area contributed by atoms with E-state index in [1.807, 2.05) is 24.3 Å². The number of rotatable bonds is 7. The Balaban J connectivity index is 1.49. The summed E-state index contributed by atoms with van der Waals surface area (Å²) in [5.74, 6) is -0.402. The third-order valence-electron chi connectivity index (χ3n) is 6.97. The highest BCUT2D eigenvalue weighted by Gasteiger charge is 2.36. The Kier molecular flexibility index (Phi) is 6.24. The Morgan fingerprint density at radius 3 is 2.21 bits per heavy atom. The van der Waals surface area contributed by atoms with Crippen molar-refractivity contribution in [3.05, 3.63) is 89.0 Å². The lowest BCUT2D eigenvalue weighted by atomic mass is 9.63. The fourth-order valence-corrected chi connectivity index (χ4v) is 4.78. The molecule has 0 aliphatic heterocycles. The van der Waals surface area contributed by atoms with E-state index < -0.39 is 5.97 Å². The summed E-state index contributed by atoms with van der Waals surface area (Å²) in [6, 6.07) is 14.4. The molecule has 1 N–H and O–H groups in total. The summed E-state index contributed by atoms with van der Waals surface area (Å²) in [4.78, 5) is 19.5. The topological polar surface area (TPSA) is 72.3 Å². The molecule has 2 aromatic carbocycles. The van der Waals surface area contributed by atoms with Crippen LogP contribution in [0.1, 0.15) is 80.7 Å². The molecule has 1 aromatic heterocycles. The van der Waals surface area contributed by atoms with Gasteiger partial charge in [0.15, 0.2) is 0 Å². The smallest absolute Gasteiger partial charge is 0.304 e. The van der Waals surface area contributed by atoms with Crippen LogP contribution in [0.2, 0.25) is 0 Å². The monoisotopic (exact) mass is 444 g/mol. The second-order valence-electron chi connectivity index (χ2n) is 10.3. The molecule has 0 radical (unpaired) electrons. The summed E-state index contributed by atoms with van der Waals surface area (Å²) >= 11 is 0. The second kappa shape index (κ2) is 8.97. The van der Waals surface area contributed by atoms with Gasteiger partial charge >= 0.3 is 5.97 Å². The second-order valence-corrected chi connectivity index (χ2v) is 10.3. The van der Waals surface area contributed by atoms with Crippen LogP contribution >= 0.6 is 0 Å². The lowest BCUT2D eigenvalue weighted by Gasteiger charge is -2.42. The van der Waals surface area contributed by atoms with E-state index in [4.69, 9.17) is 4.74 Å². The van der Waals surface area contributed by atoms with Crippen LogP contribution in [0.25, 0.3) is 0 Å². The van der Waals surface area contributed by atoms with E-state index >= 15 is 0 Å². The van der Waals surface area contributed by atoms with Gasteiger partial charge in [-0.3, -0.25) is 4.79 Å². The van der Waals surface area contributed by atoms with Crippen LogP contribution in [-0.4, -0.2) is 21.0 Å². The first-order chi connectivity index (χ1) is 15.7. The number of aliphatic carboxylic acids is 1. The summed E-state index contributed by atoms with van der Waals surface area (Å²) in [7, 11) is 0. The van der Waals surface area contributed by atoms with Gasteiger partial charge in [0.2, 0.25) is 0 Å². The first-order valence-corrected chi connectivity index (χ1v) is 11.5. The molecule has 5 heteroatoms. The van der Waals surface area contributed by atoms with Crippen molar-refractivity contribution in [3.63, 3.8) is 0 Å². The number of hydrogen-bond acceptors (Lipinski definition) is 4. The summed E-state index contributed by atoms with van der Waals surface area (Å²) in [6.07, 6.45) is 7.15. The average Bonchev–Trinajstić information content (AvgIpc) is 2.80. The van der Waals surface area contributed by atoms with Crippen molar-refractivity contribution in [1.29, 1.82) is 0 Å². The van der Waals surface area contributed by atoms with Gasteiger partial charge in [0.05, 0.1) is 6.42 Å². The molecule has 1 aliphatic rings. The van der Waals surface area contributed by atoms with Crippen LogP contribution in [0.5, 0.6) is 5.75 Å². The van der Waals surface area contributed by atoms with Crippen LogP contribution < -0.4 is 4.74 Å². The van der Waals surface area contributed by atoms with Gasteiger partial charge in [-0.1, -0.05) is 58.0 Å². The van der Waals surface area contributed by atoms with E-state index in [2.05, 4.69) is 55.9 Å². The molecule has 0 spiro atoms. The van der Waals surface area contributed by atoms with Gasteiger partial charge in [0.25, 0.3) is 0 Å². The summed E-state index contributed by atoms with van der Waals surface area (Å²) in [5.41, 5.74) is 6.09. The number of ether oxygens (including phenoxy) is 1. The van der Waals surface area contributed by atoms with Crippen LogP contribution in [0.15, 0.2) is 61.2 Å². The van der Waals surface area contributed by atoms with Gasteiger partial charge in [0, 0.05) is 18.3 Å². The van der Waals surface area contributed by atoms with Crippen molar-refractivity contribution < 1.29 is 14.6 Å². The number of hydrogen-bond donors (Lipinski definition) is 1. The maximum atomic E-state index is 11.4. The molecule has 0 saturated heterocycles. The summed E-state index contributed by atoms with van der Waals surface area (Å²) in [6.45, 7) is 9.82. The zero-order valence-corrected chi connectivity index (χ0v) is 19.8. The highest BCUT2D eigenvalue weighted by molar-refractivity contribution is 5.69. The van der Waals surface area contributed by atoms with Crippen molar-refractivity contribution in [2.75, 3.05) is 0 Å². The van der Waals surface area contributed by atoms with E-state index in [1.165, 1.54) is 30.3 Å². The largest absolute Gasteiger partial charge is 0.489 e. The molecule has 0 fully saturated rings. The molecule has 0 bridgehead atoms. The Morgan fingerprint density at radius 1 is 0.939 bits per heavy atom. The number of fused-ring (bicyclic) bond motifs is 1. The zero-order valence-electron chi connectivity index (χ0n) is 19.8. The van der Waals surface area contributed by atoms with Crippen LogP contribution in [0.4, 0.5) is 0 Å². The van der Waals surface area contributed by atoms with Gasteiger partial charge in [-0.25, -0.2) is 9.97 Å². The summed E-state index contributed by atoms with van der Waals surface area (Å²) in [5, 5.41) is 9.36. The van der Waals surface area contributed by atoms with Gasteiger partial charge < -0.3 is 9.84 Å². The third-order valence-corrected chi connectivity index (χ3v) is 6.97. The van der Waals surface area contributed by atoms with E-state index in [0.29, 0.717) is 6.61 Å². The molecule has 1 heterocycles. The molecular formula is C28H32N2O3. The quantitative estimate of drug-likeness (QED) is 0.483. The fraction of sp³-hybridized carbons (Fsp3) is 0.393.